The molecule has 11 nitrogen and oxygen atoms in total. The zero-order valence-electron chi connectivity index (χ0n) is 38.0. The molecule has 12 rings (SSSR count). The third-order valence-corrected chi connectivity index (χ3v) is 15.6. The summed E-state index contributed by atoms with van der Waals surface area (Å²) < 4.78 is 20.1. The number of phenolic OH excluding ortho intramolecular Hbond substituents is 2. The van der Waals surface area contributed by atoms with E-state index in [-0.39, 0.29) is 59.9 Å². The lowest BCUT2D eigenvalue weighted by atomic mass is 9.63. The van der Waals surface area contributed by atoms with Crippen molar-refractivity contribution >= 4 is 5.96 Å². The molecule has 9 aliphatic rings. The quantitative estimate of drug-likeness (QED) is 0.125. The molecule has 12 bridgehead atoms. The zero-order chi connectivity index (χ0) is 44.8. The van der Waals surface area contributed by atoms with Crippen molar-refractivity contribution < 1.29 is 39.7 Å². The maximum Gasteiger partial charge on any atom is 0.188 e. The van der Waals surface area contributed by atoms with Gasteiger partial charge in [0, 0.05) is 61.1 Å². The van der Waals surface area contributed by atoms with E-state index in [9.17, 15) is 25.5 Å². The summed E-state index contributed by atoms with van der Waals surface area (Å²) >= 11 is 0. The number of fused-ring (bicyclic) bond motifs is 2. The summed E-state index contributed by atoms with van der Waals surface area (Å²) in [4.78, 5) is 4.74. The lowest BCUT2D eigenvalue weighted by molar-refractivity contribution is -0.0260. The van der Waals surface area contributed by atoms with Gasteiger partial charge < -0.3 is 50.8 Å². The number of hydrogen-bond donors (Lipinski definition) is 7. The van der Waals surface area contributed by atoms with Gasteiger partial charge in [0.05, 0.1) is 19.3 Å². The molecule has 0 unspecified atom stereocenters. The van der Waals surface area contributed by atoms with Gasteiger partial charge in [0.15, 0.2) is 17.5 Å². The van der Waals surface area contributed by atoms with Crippen molar-refractivity contribution in [2.24, 2.45) is 58.1 Å². The van der Waals surface area contributed by atoms with E-state index < -0.39 is 18.3 Å². The Bertz CT molecular complexity index is 2270. The van der Waals surface area contributed by atoms with Crippen LogP contribution >= 0.6 is 0 Å². The number of phenols is 2. The second-order valence-electron chi connectivity index (χ2n) is 20.1. The van der Waals surface area contributed by atoms with Crippen molar-refractivity contribution in [1.29, 1.82) is 0 Å². The number of nitrogens with zero attached hydrogens (tertiary/aromatic N) is 1. The fourth-order valence-electron chi connectivity index (χ4n) is 12.4. The summed E-state index contributed by atoms with van der Waals surface area (Å²) in [5, 5.41) is 60.2. The number of aliphatic hydroxyl groups excluding tert-OH is 3. The average Bonchev–Trinajstić information content (AvgIpc) is 3.27. The second-order valence-corrected chi connectivity index (χ2v) is 20.1. The Balaban J connectivity index is 1.15. The normalized spacial score (nSPS) is 32.2. The summed E-state index contributed by atoms with van der Waals surface area (Å²) in [6.07, 6.45) is 14.2. The van der Waals surface area contributed by atoms with Crippen LogP contribution in [0.25, 0.3) is 11.1 Å². The Hall–Kier alpha value is -4.71. The number of hydrogen-bond acceptors (Lipinski definition) is 11. The highest BCUT2D eigenvalue weighted by Crippen LogP contribution is 2.56. The number of aliphatic imine (C=N–C) groups is 1. The monoisotopic (exact) mass is 876 g/mol. The average molecular weight is 876 g/mol. The van der Waals surface area contributed by atoms with Crippen molar-refractivity contribution in [2.45, 2.75) is 115 Å². The van der Waals surface area contributed by atoms with Crippen LogP contribution in [0.4, 0.5) is 0 Å². The molecule has 1 fully saturated rings. The van der Waals surface area contributed by atoms with Gasteiger partial charge in [0.1, 0.15) is 29.5 Å². The SMILES string of the molecule is CC[C@H]1C[C@H]2C=C[C@@H]1C[C@@H](O)CCCNC(N)=NC[C@@H]1C=C[C@@H]3CC[C@@H](CO)[C@H]1[C@@H]3Oc1cc(ccc1O)[C@@H]1Oc3cc(OC)c4c(c3C[C@H]1O)[C@@H]2Cc1cc(O)c(CC(C)C)cc1-4. The third kappa shape index (κ3) is 8.60. The largest absolute Gasteiger partial charge is 0.508 e. The van der Waals surface area contributed by atoms with Crippen LogP contribution in [0.1, 0.15) is 106 Å². The van der Waals surface area contributed by atoms with Crippen molar-refractivity contribution in [3.05, 3.63) is 88.5 Å². The van der Waals surface area contributed by atoms with Gasteiger partial charge in [-0.25, -0.2) is 0 Å². The third-order valence-electron chi connectivity index (χ3n) is 15.6. The van der Waals surface area contributed by atoms with Crippen LogP contribution in [0.3, 0.4) is 0 Å². The fourth-order valence-corrected chi connectivity index (χ4v) is 12.4. The number of methoxy groups -OCH3 is 1. The lowest BCUT2D eigenvalue weighted by Crippen LogP contribution is -2.49. The number of ether oxygens (including phenoxy) is 3. The van der Waals surface area contributed by atoms with Crippen LogP contribution in [0, 0.1) is 47.3 Å². The first-order valence-electron chi connectivity index (χ1n) is 24.1. The first kappa shape index (κ1) is 44.5. The van der Waals surface area contributed by atoms with Crippen LogP contribution in [-0.2, 0) is 19.3 Å². The molecule has 0 radical (unpaired) electrons. The highest BCUT2D eigenvalue weighted by atomic mass is 16.5. The standard InChI is InChI=1S/C53H69N3O8/c1-5-29-18-32-11-10-31(29)19-38(58)7-6-16-55-53(54)56-26-34-12-8-30-9-13-35(27-57)48(34)52(30)64-46-23-33(14-15-42(46)59)51-44(61)24-41-45(63-51)25-47(62-4)50-40-21-37(17-28(2)3)43(60)22-36(40)20-39(32)49(41)50/h8,10-12,14-15,21-23,25,28-32,34-35,38-39,44,48,51-52,57-61H,5-7,9,13,16-20,24,26-27H2,1-4H3,(H3,54,55,56)/t29-,30+,31+,32+,34-,35-,38-,39+,44+,48-,51-,52+/m0/s1. The number of aliphatic hydroxyl groups is 3. The van der Waals surface area contributed by atoms with E-state index in [2.05, 4.69) is 56.5 Å². The lowest BCUT2D eigenvalue weighted by Gasteiger charge is -2.47. The van der Waals surface area contributed by atoms with E-state index in [1.807, 2.05) is 12.1 Å². The summed E-state index contributed by atoms with van der Waals surface area (Å²) in [5.74, 6) is 3.47. The van der Waals surface area contributed by atoms with Crippen LogP contribution in [-0.4, -0.2) is 76.6 Å². The Morgan fingerprint density at radius 1 is 0.875 bits per heavy atom. The molecule has 64 heavy (non-hydrogen) atoms. The van der Waals surface area contributed by atoms with E-state index in [0.29, 0.717) is 85.1 Å². The molecule has 12 atom stereocenters. The number of aromatic hydroxyl groups is 2. The molecule has 344 valence electrons. The van der Waals surface area contributed by atoms with Gasteiger partial charge in [-0.3, -0.25) is 4.99 Å². The molecule has 4 aliphatic carbocycles. The predicted molar refractivity (Wildman–Crippen MR) is 249 cm³/mol. The molecule has 0 aromatic heterocycles. The molecule has 3 aromatic carbocycles. The van der Waals surface area contributed by atoms with Crippen molar-refractivity contribution in [1.82, 2.24) is 5.32 Å². The topological polar surface area (TPSA) is 179 Å². The van der Waals surface area contributed by atoms with E-state index in [4.69, 9.17) is 24.9 Å². The Morgan fingerprint density at radius 2 is 1.67 bits per heavy atom. The highest BCUT2D eigenvalue weighted by Gasteiger charge is 2.47. The van der Waals surface area contributed by atoms with Gasteiger partial charge in [-0.15, -0.1) is 0 Å². The predicted octanol–water partition coefficient (Wildman–Crippen LogP) is 7.88. The number of rotatable bonds is 5. The van der Waals surface area contributed by atoms with Crippen LogP contribution in [0.15, 0.2) is 65.7 Å². The Labute approximate surface area is 378 Å². The summed E-state index contributed by atoms with van der Waals surface area (Å²) in [5.41, 5.74) is 13.3. The van der Waals surface area contributed by atoms with Crippen molar-refractivity contribution in [3.8, 4) is 39.9 Å². The van der Waals surface area contributed by atoms with E-state index in [0.717, 1.165) is 71.9 Å². The maximum absolute atomic E-state index is 12.2. The van der Waals surface area contributed by atoms with Crippen LogP contribution in [0.2, 0.25) is 0 Å². The second kappa shape index (κ2) is 18.6. The van der Waals surface area contributed by atoms with Gasteiger partial charge in [0.25, 0.3) is 0 Å². The number of nitrogens with one attached hydrogen (secondary N) is 1. The maximum atomic E-state index is 12.2. The van der Waals surface area contributed by atoms with Crippen LogP contribution < -0.4 is 25.3 Å². The van der Waals surface area contributed by atoms with Crippen LogP contribution in [0.5, 0.6) is 28.7 Å². The number of nitrogens with two attached hydrogens (primary N) is 1. The van der Waals surface area contributed by atoms with Crippen molar-refractivity contribution in [2.75, 3.05) is 26.8 Å². The molecule has 5 aliphatic heterocycles. The van der Waals surface area contributed by atoms with Gasteiger partial charge in [0.2, 0.25) is 0 Å². The molecule has 5 heterocycles. The molecule has 3 aromatic rings. The van der Waals surface area contributed by atoms with Gasteiger partial charge >= 0.3 is 0 Å². The summed E-state index contributed by atoms with van der Waals surface area (Å²) in [6, 6.07) is 11.3. The molecule has 11 heteroatoms. The first-order chi connectivity index (χ1) is 30.9. The Morgan fingerprint density at radius 3 is 2.45 bits per heavy atom. The number of guanidine groups is 1. The molecule has 0 spiro atoms. The minimum atomic E-state index is -0.910. The van der Waals surface area contributed by atoms with E-state index in [1.165, 1.54) is 0 Å². The molecule has 0 saturated heterocycles. The molecule has 1 saturated carbocycles. The van der Waals surface area contributed by atoms with Gasteiger partial charge in [-0.05, 0) is 139 Å². The van der Waals surface area contributed by atoms with E-state index >= 15 is 0 Å². The number of allylic oxidation sites excluding steroid dienone is 2. The number of benzene rings is 3. The van der Waals surface area contributed by atoms with Gasteiger partial charge in [-0.1, -0.05) is 57.6 Å². The zero-order valence-corrected chi connectivity index (χ0v) is 38.0. The highest BCUT2D eigenvalue weighted by molar-refractivity contribution is 5.84. The Kier molecular flexibility index (Phi) is 13.0. The summed E-state index contributed by atoms with van der Waals surface area (Å²) in [7, 11) is 1.70. The minimum absolute atomic E-state index is 0.00260. The smallest absolute Gasteiger partial charge is 0.188 e. The first-order valence-corrected chi connectivity index (χ1v) is 24.1. The fraction of sp³-hybridized carbons (Fsp3) is 0.566. The van der Waals surface area contributed by atoms with E-state index in [1.54, 1.807) is 25.3 Å². The molecule has 0 amide bonds. The minimum Gasteiger partial charge on any atom is -0.508 e. The molecular weight excluding hydrogens is 807 g/mol. The molecular formula is C53H69N3O8. The van der Waals surface area contributed by atoms with Gasteiger partial charge in [-0.2, -0.15) is 0 Å². The summed E-state index contributed by atoms with van der Waals surface area (Å²) in [6.45, 7) is 7.61. The van der Waals surface area contributed by atoms with Crippen molar-refractivity contribution in [3.63, 3.8) is 0 Å². The molecule has 8 N–H and O–H groups in total.